The Hall–Kier alpha value is -1.73. The quantitative estimate of drug-likeness (QED) is 0.818. The number of nitrogens with zero attached hydrogens (tertiary/aromatic N) is 3. The number of hydrogen-bond acceptors (Lipinski definition) is 5. The summed E-state index contributed by atoms with van der Waals surface area (Å²) in [5.74, 6) is -0.0701. The molecule has 0 aromatic carbocycles. The zero-order valence-corrected chi connectivity index (χ0v) is 11.9. The van der Waals surface area contributed by atoms with Crippen LogP contribution in [0.5, 0.6) is 0 Å². The molecule has 7 heteroatoms. The average Bonchev–Trinajstić information content (AvgIpc) is 2.91. The van der Waals surface area contributed by atoms with Gasteiger partial charge in [-0.25, -0.2) is 4.98 Å². The first kappa shape index (κ1) is 13.3. The van der Waals surface area contributed by atoms with Crippen LogP contribution in [0.3, 0.4) is 0 Å². The van der Waals surface area contributed by atoms with Gasteiger partial charge in [0.25, 0.3) is 5.56 Å². The lowest BCUT2D eigenvalue weighted by Gasteiger charge is -2.33. The standard InChI is InChI=1S/C13H15N3O3S/c1-9-7-19-4-3-16(9)11(17)6-15-8-14-12-10(13(15)18)2-5-20-12/h2,5,8-9H,3-4,6-7H2,1H3/t9-/m0/s1. The number of carbonyl (C=O) groups excluding carboxylic acids is 1. The van der Waals surface area contributed by atoms with Crippen molar-refractivity contribution >= 4 is 27.5 Å². The molecule has 0 N–H and O–H groups in total. The Morgan fingerprint density at radius 2 is 2.45 bits per heavy atom. The normalized spacial score (nSPS) is 19.4. The number of hydrogen-bond donors (Lipinski definition) is 0. The molecule has 1 aliphatic rings. The highest BCUT2D eigenvalue weighted by Gasteiger charge is 2.24. The maximum Gasteiger partial charge on any atom is 0.262 e. The second kappa shape index (κ2) is 5.34. The van der Waals surface area contributed by atoms with Crippen LogP contribution in [0.2, 0.25) is 0 Å². The van der Waals surface area contributed by atoms with E-state index >= 15 is 0 Å². The fraction of sp³-hybridized carbons (Fsp3) is 0.462. The topological polar surface area (TPSA) is 64.4 Å². The number of aromatic nitrogens is 2. The van der Waals surface area contributed by atoms with Gasteiger partial charge >= 0.3 is 0 Å². The Bertz CT molecular complexity index is 693. The third-order valence-electron chi connectivity index (χ3n) is 3.44. The van der Waals surface area contributed by atoms with Gasteiger partial charge in [0.05, 0.1) is 31.0 Å². The lowest BCUT2D eigenvalue weighted by atomic mass is 10.2. The third-order valence-corrected chi connectivity index (χ3v) is 4.26. The van der Waals surface area contributed by atoms with Gasteiger partial charge in [-0.2, -0.15) is 0 Å². The highest BCUT2D eigenvalue weighted by atomic mass is 32.1. The lowest BCUT2D eigenvalue weighted by molar-refractivity contribution is -0.139. The van der Waals surface area contributed by atoms with Gasteiger partial charge in [-0.1, -0.05) is 0 Å². The third kappa shape index (κ3) is 2.34. The number of ether oxygens (including phenoxy) is 1. The SMILES string of the molecule is C[C@H]1COCCN1C(=O)Cn1cnc2sccc2c1=O. The van der Waals surface area contributed by atoms with E-state index in [1.807, 2.05) is 12.3 Å². The van der Waals surface area contributed by atoms with Crippen molar-refractivity contribution in [2.24, 2.45) is 0 Å². The summed E-state index contributed by atoms with van der Waals surface area (Å²) in [6.45, 7) is 3.64. The van der Waals surface area contributed by atoms with E-state index in [0.29, 0.717) is 30.0 Å². The molecular weight excluding hydrogens is 278 g/mol. The van der Waals surface area contributed by atoms with E-state index in [-0.39, 0.29) is 24.1 Å². The van der Waals surface area contributed by atoms with E-state index in [4.69, 9.17) is 4.74 Å². The molecule has 6 nitrogen and oxygen atoms in total. The van der Waals surface area contributed by atoms with Gasteiger partial charge in [0.15, 0.2) is 0 Å². The van der Waals surface area contributed by atoms with Gasteiger partial charge in [0, 0.05) is 6.54 Å². The fourth-order valence-electron chi connectivity index (χ4n) is 2.34. The van der Waals surface area contributed by atoms with Gasteiger partial charge in [-0.15, -0.1) is 11.3 Å². The molecular formula is C13H15N3O3S. The molecule has 20 heavy (non-hydrogen) atoms. The van der Waals surface area contributed by atoms with Crippen LogP contribution in [0.1, 0.15) is 6.92 Å². The largest absolute Gasteiger partial charge is 0.377 e. The highest BCUT2D eigenvalue weighted by molar-refractivity contribution is 7.16. The van der Waals surface area contributed by atoms with E-state index in [1.165, 1.54) is 22.2 Å². The summed E-state index contributed by atoms with van der Waals surface area (Å²) in [5, 5.41) is 2.40. The summed E-state index contributed by atoms with van der Waals surface area (Å²) in [6, 6.07) is 1.79. The summed E-state index contributed by atoms with van der Waals surface area (Å²) in [5.41, 5.74) is -0.162. The van der Waals surface area contributed by atoms with Crippen LogP contribution in [0, 0.1) is 0 Å². The number of carbonyl (C=O) groups is 1. The van der Waals surface area contributed by atoms with Crippen molar-refractivity contribution < 1.29 is 9.53 Å². The Morgan fingerprint density at radius 1 is 1.60 bits per heavy atom. The van der Waals surface area contributed by atoms with Crippen molar-refractivity contribution in [3.05, 3.63) is 28.1 Å². The van der Waals surface area contributed by atoms with Crippen molar-refractivity contribution in [1.82, 2.24) is 14.5 Å². The number of thiophene rings is 1. The predicted octanol–water partition coefficient (Wildman–Crippen LogP) is 0.705. The molecule has 1 atom stereocenters. The zero-order valence-electron chi connectivity index (χ0n) is 11.1. The summed E-state index contributed by atoms with van der Waals surface area (Å²) >= 11 is 1.42. The fourth-order valence-corrected chi connectivity index (χ4v) is 3.06. The minimum Gasteiger partial charge on any atom is -0.377 e. The molecule has 0 bridgehead atoms. The monoisotopic (exact) mass is 293 g/mol. The molecule has 1 fully saturated rings. The Morgan fingerprint density at radius 3 is 3.25 bits per heavy atom. The average molecular weight is 293 g/mol. The molecule has 1 amide bonds. The van der Waals surface area contributed by atoms with Crippen LogP contribution in [0.25, 0.3) is 10.2 Å². The predicted molar refractivity (Wildman–Crippen MR) is 75.9 cm³/mol. The van der Waals surface area contributed by atoms with E-state index in [2.05, 4.69) is 4.98 Å². The van der Waals surface area contributed by atoms with Crippen LogP contribution in [0.15, 0.2) is 22.6 Å². The summed E-state index contributed by atoms with van der Waals surface area (Å²) in [6.07, 6.45) is 1.45. The highest BCUT2D eigenvalue weighted by Crippen LogP contribution is 2.13. The molecule has 0 radical (unpaired) electrons. The minimum atomic E-state index is -0.162. The van der Waals surface area contributed by atoms with Crippen molar-refractivity contribution in [2.75, 3.05) is 19.8 Å². The molecule has 0 unspecified atom stereocenters. The molecule has 3 heterocycles. The molecule has 2 aromatic rings. The van der Waals surface area contributed by atoms with Crippen molar-refractivity contribution in [3.8, 4) is 0 Å². The summed E-state index contributed by atoms with van der Waals surface area (Å²) in [7, 11) is 0. The number of amides is 1. The van der Waals surface area contributed by atoms with Gasteiger partial charge < -0.3 is 9.64 Å². The summed E-state index contributed by atoms with van der Waals surface area (Å²) < 4.78 is 6.68. The van der Waals surface area contributed by atoms with Crippen molar-refractivity contribution in [2.45, 2.75) is 19.5 Å². The molecule has 2 aromatic heterocycles. The van der Waals surface area contributed by atoms with Crippen LogP contribution < -0.4 is 5.56 Å². The maximum atomic E-state index is 12.3. The Labute approximate surface area is 119 Å². The molecule has 1 aliphatic heterocycles. The van der Waals surface area contributed by atoms with E-state index in [1.54, 1.807) is 11.0 Å². The van der Waals surface area contributed by atoms with Gasteiger partial charge in [0.1, 0.15) is 11.4 Å². The lowest BCUT2D eigenvalue weighted by Crippen LogP contribution is -2.48. The van der Waals surface area contributed by atoms with Gasteiger partial charge in [0.2, 0.25) is 5.91 Å². The Kier molecular flexibility index (Phi) is 3.54. The second-order valence-corrected chi connectivity index (χ2v) is 5.72. The van der Waals surface area contributed by atoms with Crippen LogP contribution in [0.4, 0.5) is 0 Å². The van der Waals surface area contributed by atoms with Crippen LogP contribution in [-0.4, -0.2) is 46.2 Å². The molecule has 106 valence electrons. The van der Waals surface area contributed by atoms with Crippen molar-refractivity contribution in [3.63, 3.8) is 0 Å². The van der Waals surface area contributed by atoms with Crippen molar-refractivity contribution in [1.29, 1.82) is 0 Å². The number of rotatable bonds is 2. The molecule has 3 rings (SSSR count). The van der Waals surface area contributed by atoms with E-state index in [0.717, 1.165) is 0 Å². The van der Waals surface area contributed by atoms with Crippen LogP contribution >= 0.6 is 11.3 Å². The second-order valence-electron chi connectivity index (χ2n) is 4.83. The molecule has 0 aliphatic carbocycles. The van der Waals surface area contributed by atoms with E-state index in [9.17, 15) is 9.59 Å². The number of morpholine rings is 1. The van der Waals surface area contributed by atoms with E-state index < -0.39 is 0 Å². The molecule has 0 spiro atoms. The first-order valence-electron chi connectivity index (χ1n) is 6.46. The smallest absolute Gasteiger partial charge is 0.262 e. The van der Waals surface area contributed by atoms with Crippen LogP contribution in [-0.2, 0) is 16.1 Å². The first-order chi connectivity index (χ1) is 9.66. The Balaban J connectivity index is 1.83. The first-order valence-corrected chi connectivity index (χ1v) is 7.34. The van der Waals surface area contributed by atoms with Gasteiger partial charge in [-0.3, -0.25) is 14.2 Å². The molecule has 0 saturated carbocycles. The van der Waals surface area contributed by atoms with Gasteiger partial charge in [-0.05, 0) is 18.4 Å². The number of fused-ring (bicyclic) bond motifs is 1. The maximum absolute atomic E-state index is 12.3. The minimum absolute atomic E-state index is 0.0297. The zero-order chi connectivity index (χ0) is 14.1. The molecule has 1 saturated heterocycles. The summed E-state index contributed by atoms with van der Waals surface area (Å²) in [4.78, 5) is 31.2.